The van der Waals surface area contributed by atoms with E-state index in [9.17, 15) is 4.79 Å². The van der Waals surface area contributed by atoms with Crippen molar-refractivity contribution in [2.75, 3.05) is 38.5 Å². The Morgan fingerprint density at radius 1 is 1.68 bits per heavy atom. The van der Waals surface area contributed by atoms with Gasteiger partial charge in [0.15, 0.2) is 0 Å². The summed E-state index contributed by atoms with van der Waals surface area (Å²) in [6.45, 7) is 5.30. The third-order valence-electron chi connectivity index (χ3n) is 3.27. The van der Waals surface area contributed by atoms with Crippen LogP contribution < -0.4 is 10.6 Å². The van der Waals surface area contributed by atoms with Crippen LogP contribution in [0.25, 0.3) is 0 Å². The maximum atomic E-state index is 11.8. The second-order valence-corrected chi connectivity index (χ2v) is 5.29. The van der Waals surface area contributed by atoms with Crippen molar-refractivity contribution in [1.29, 1.82) is 0 Å². The first kappa shape index (κ1) is 14.0. The van der Waals surface area contributed by atoms with Crippen molar-refractivity contribution < 1.29 is 9.32 Å². The van der Waals surface area contributed by atoms with Crippen molar-refractivity contribution in [2.24, 2.45) is 5.92 Å². The molecule has 1 aliphatic rings. The van der Waals surface area contributed by atoms with Crippen molar-refractivity contribution in [3.05, 3.63) is 11.8 Å². The fourth-order valence-electron chi connectivity index (χ4n) is 2.43. The zero-order chi connectivity index (χ0) is 13.7. The zero-order valence-electron chi connectivity index (χ0n) is 11.6. The van der Waals surface area contributed by atoms with Crippen LogP contribution in [0.2, 0.25) is 0 Å². The van der Waals surface area contributed by atoms with E-state index in [1.807, 2.05) is 14.0 Å². The molecule has 1 aliphatic heterocycles. The molecule has 0 aliphatic carbocycles. The Kier molecular flexibility index (Phi) is 4.93. The molecular weight excluding hydrogens is 244 g/mol. The summed E-state index contributed by atoms with van der Waals surface area (Å²) in [5.74, 6) is 0.983. The van der Waals surface area contributed by atoms with E-state index in [2.05, 4.69) is 20.7 Å². The lowest BCUT2D eigenvalue weighted by atomic mass is 9.99. The summed E-state index contributed by atoms with van der Waals surface area (Å²) in [7, 11) is 1.97. The number of nitrogens with one attached hydrogen (secondary N) is 2. The van der Waals surface area contributed by atoms with Crippen LogP contribution in [0, 0.1) is 12.8 Å². The quantitative estimate of drug-likeness (QED) is 0.827. The minimum atomic E-state index is -0.0672. The van der Waals surface area contributed by atoms with Crippen LogP contribution in [-0.2, 0) is 4.79 Å². The number of aryl methyl sites for hydroxylation is 1. The molecule has 1 aromatic heterocycles. The molecule has 106 valence electrons. The second-order valence-electron chi connectivity index (χ2n) is 5.29. The van der Waals surface area contributed by atoms with Gasteiger partial charge in [-0.05, 0) is 45.8 Å². The summed E-state index contributed by atoms with van der Waals surface area (Å²) in [5.41, 5.74) is 0.761. The Balaban J connectivity index is 1.71. The Morgan fingerprint density at radius 3 is 3.16 bits per heavy atom. The maximum absolute atomic E-state index is 11.8. The van der Waals surface area contributed by atoms with Crippen LogP contribution in [-0.4, -0.2) is 49.2 Å². The van der Waals surface area contributed by atoms with Crippen LogP contribution in [0.5, 0.6) is 0 Å². The van der Waals surface area contributed by atoms with Gasteiger partial charge in [-0.3, -0.25) is 15.0 Å². The molecule has 0 aromatic carbocycles. The highest BCUT2D eigenvalue weighted by Gasteiger charge is 2.16. The first-order valence-corrected chi connectivity index (χ1v) is 6.76. The minimum absolute atomic E-state index is 0.0672. The van der Waals surface area contributed by atoms with Crippen molar-refractivity contribution in [1.82, 2.24) is 15.4 Å². The van der Waals surface area contributed by atoms with E-state index < -0.39 is 0 Å². The van der Waals surface area contributed by atoms with Crippen molar-refractivity contribution in [2.45, 2.75) is 19.8 Å². The predicted octanol–water partition coefficient (Wildman–Crippen LogP) is 0.853. The van der Waals surface area contributed by atoms with Crippen molar-refractivity contribution in [3.63, 3.8) is 0 Å². The molecule has 6 nitrogen and oxygen atoms in total. The standard InChI is InChI=1S/C13H22N4O2/c1-10-6-13(19-16-10)15-12(18)9-17(2)8-11-4-3-5-14-7-11/h6,11,14H,3-5,7-9H2,1-2H3,(H,15,18). The van der Waals surface area contributed by atoms with Crippen LogP contribution in [0.1, 0.15) is 18.5 Å². The number of likely N-dealkylation sites (N-methyl/N-ethyl adjacent to an activating group) is 1. The molecule has 1 saturated heterocycles. The Morgan fingerprint density at radius 2 is 2.53 bits per heavy atom. The molecular formula is C13H22N4O2. The van der Waals surface area contributed by atoms with Crippen LogP contribution >= 0.6 is 0 Å². The molecule has 19 heavy (non-hydrogen) atoms. The number of carbonyl (C=O) groups excluding carboxylic acids is 1. The molecule has 1 aromatic rings. The van der Waals surface area contributed by atoms with Crippen molar-refractivity contribution in [3.8, 4) is 0 Å². The Bertz CT molecular complexity index is 413. The third-order valence-corrected chi connectivity index (χ3v) is 3.27. The van der Waals surface area contributed by atoms with Gasteiger partial charge in [-0.15, -0.1) is 0 Å². The first-order valence-electron chi connectivity index (χ1n) is 6.76. The smallest absolute Gasteiger partial charge is 0.240 e. The summed E-state index contributed by atoms with van der Waals surface area (Å²) >= 11 is 0. The second kappa shape index (κ2) is 6.68. The van der Waals surface area contributed by atoms with Crippen LogP contribution in [0.15, 0.2) is 10.6 Å². The fraction of sp³-hybridized carbons (Fsp3) is 0.692. The average Bonchev–Trinajstić information content (AvgIpc) is 2.75. The van der Waals surface area contributed by atoms with E-state index in [0.717, 1.165) is 25.3 Å². The van der Waals surface area contributed by atoms with Gasteiger partial charge in [-0.1, -0.05) is 5.16 Å². The minimum Gasteiger partial charge on any atom is -0.338 e. The fourth-order valence-corrected chi connectivity index (χ4v) is 2.43. The Labute approximate surface area is 113 Å². The monoisotopic (exact) mass is 266 g/mol. The van der Waals surface area contributed by atoms with Gasteiger partial charge in [0, 0.05) is 12.6 Å². The topological polar surface area (TPSA) is 70.4 Å². The number of carbonyl (C=O) groups is 1. The van der Waals surface area contributed by atoms with E-state index >= 15 is 0 Å². The molecule has 0 bridgehead atoms. The van der Waals surface area contributed by atoms with Crippen LogP contribution in [0.3, 0.4) is 0 Å². The van der Waals surface area contributed by atoms with Gasteiger partial charge < -0.3 is 9.84 Å². The van der Waals surface area contributed by atoms with Gasteiger partial charge >= 0.3 is 0 Å². The molecule has 1 amide bonds. The number of aromatic nitrogens is 1. The molecule has 6 heteroatoms. The molecule has 2 N–H and O–H groups in total. The molecule has 0 spiro atoms. The van der Waals surface area contributed by atoms with Gasteiger partial charge in [0.2, 0.25) is 11.8 Å². The number of nitrogens with zero attached hydrogens (tertiary/aromatic N) is 2. The number of piperidine rings is 1. The summed E-state index contributed by atoms with van der Waals surface area (Å²) in [6, 6.07) is 1.71. The molecule has 1 unspecified atom stereocenters. The largest absolute Gasteiger partial charge is 0.338 e. The van der Waals surface area contributed by atoms with Gasteiger partial charge in [0.05, 0.1) is 12.2 Å². The lowest BCUT2D eigenvalue weighted by Crippen LogP contribution is -2.39. The summed E-state index contributed by atoms with van der Waals surface area (Å²) in [4.78, 5) is 13.9. The van der Waals surface area contributed by atoms with E-state index in [0.29, 0.717) is 18.3 Å². The van der Waals surface area contributed by atoms with Gasteiger partial charge in [0.1, 0.15) is 0 Å². The van der Waals surface area contributed by atoms with Crippen molar-refractivity contribution >= 4 is 11.8 Å². The molecule has 0 radical (unpaired) electrons. The number of amides is 1. The summed E-state index contributed by atoms with van der Waals surface area (Å²) < 4.78 is 4.96. The molecule has 1 fully saturated rings. The average molecular weight is 266 g/mol. The third kappa shape index (κ3) is 4.65. The van der Waals surface area contributed by atoms with Gasteiger partial charge in [-0.25, -0.2) is 0 Å². The van der Waals surface area contributed by atoms with Gasteiger partial charge in [0.25, 0.3) is 0 Å². The predicted molar refractivity (Wildman–Crippen MR) is 73.0 cm³/mol. The number of hydrogen-bond donors (Lipinski definition) is 2. The molecule has 1 atom stereocenters. The van der Waals surface area contributed by atoms with E-state index in [1.54, 1.807) is 6.07 Å². The first-order chi connectivity index (χ1) is 9.13. The highest BCUT2D eigenvalue weighted by atomic mass is 16.5. The SMILES string of the molecule is Cc1cc(NC(=O)CN(C)CC2CCCNC2)on1. The summed E-state index contributed by atoms with van der Waals surface area (Å²) in [6.07, 6.45) is 2.46. The number of anilines is 1. The normalized spacial score (nSPS) is 19.6. The Hall–Kier alpha value is -1.40. The summed E-state index contributed by atoms with van der Waals surface area (Å²) in [5, 5.41) is 9.82. The van der Waals surface area contributed by atoms with E-state index in [1.165, 1.54) is 12.8 Å². The van der Waals surface area contributed by atoms with E-state index in [-0.39, 0.29) is 5.91 Å². The van der Waals surface area contributed by atoms with E-state index in [4.69, 9.17) is 4.52 Å². The molecule has 2 rings (SSSR count). The zero-order valence-corrected chi connectivity index (χ0v) is 11.6. The highest BCUT2D eigenvalue weighted by Crippen LogP contribution is 2.11. The number of rotatable bonds is 5. The molecule has 0 saturated carbocycles. The molecule has 2 heterocycles. The lowest BCUT2D eigenvalue weighted by Gasteiger charge is -2.27. The highest BCUT2D eigenvalue weighted by molar-refractivity contribution is 5.90. The van der Waals surface area contributed by atoms with Crippen LogP contribution in [0.4, 0.5) is 5.88 Å². The van der Waals surface area contributed by atoms with Gasteiger partial charge in [-0.2, -0.15) is 0 Å². The maximum Gasteiger partial charge on any atom is 0.240 e. The number of hydrogen-bond acceptors (Lipinski definition) is 5. The lowest BCUT2D eigenvalue weighted by molar-refractivity contribution is -0.117.